The lowest BCUT2D eigenvalue weighted by atomic mass is 9.72. The van der Waals surface area contributed by atoms with Crippen LogP contribution in [0.2, 0.25) is 0 Å². The predicted molar refractivity (Wildman–Crippen MR) is 203 cm³/mol. The maximum atomic E-state index is 14.6. The Balaban J connectivity index is 1.29. The first-order chi connectivity index (χ1) is 31.5. The van der Waals surface area contributed by atoms with Crippen LogP contribution in [-0.4, -0.2) is 151 Å². The number of aromatic hydroxyl groups is 11. The van der Waals surface area contributed by atoms with Crippen LogP contribution >= 0.6 is 0 Å². The van der Waals surface area contributed by atoms with Crippen LogP contribution in [0.5, 0.6) is 69.0 Å². The van der Waals surface area contributed by atoms with Gasteiger partial charge in [-0.15, -0.1) is 0 Å². The molecule has 4 aliphatic heterocycles. The van der Waals surface area contributed by atoms with Gasteiger partial charge in [0.25, 0.3) is 0 Å². The van der Waals surface area contributed by atoms with Crippen LogP contribution in [0, 0.1) is 0 Å². The molecular formula is C41H28O26. The van der Waals surface area contributed by atoms with Crippen molar-refractivity contribution in [3.63, 3.8) is 0 Å². The molecule has 1 aliphatic carbocycles. The van der Waals surface area contributed by atoms with Crippen LogP contribution in [0.1, 0.15) is 52.9 Å². The molecule has 1 saturated heterocycles. The summed E-state index contributed by atoms with van der Waals surface area (Å²) < 4.78 is 39.3. The summed E-state index contributed by atoms with van der Waals surface area (Å²) >= 11 is 0. The Morgan fingerprint density at radius 1 is 0.567 bits per heavy atom. The highest BCUT2D eigenvalue weighted by atomic mass is 16.7. The quantitative estimate of drug-likeness (QED) is 0.0525. The van der Waals surface area contributed by atoms with Gasteiger partial charge < -0.3 is 99.5 Å². The lowest BCUT2D eigenvalue weighted by molar-refractivity contribution is -0.286. The number of phenols is 11. The highest BCUT2D eigenvalue weighted by Gasteiger charge is 2.62. The zero-order valence-electron chi connectivity index (χ0n) is 32.8. The number of aliphatic hydroxyl groups is 2. The number of esters is 5. The van der Waals surface area contributed by atoms with Gasteiger partial charge >= 0.3 is 29.8 Å². The van der Waals surface area contributed by atoms with E-state index in [-0.39, 0.29) is 0 Å². The number of carbonyl (C=O) groups is 6. The molecule has 67 heavy (non-hydrogen) atoms. The molecule has 4 heterocycles. The minimum Gasteiger partial charge on any atom is -0.504 e. The van der Waals surface area contributed by atoms with Gasteiger partial charge in [-0.05, 0) is 36.4 Å². The molecular weight excluding hydrogens is 908 g/mol. The van der Waals surface area contributed by atoms with Gasteiger partial charge in [0.05, 0.1) is 33.7 Å². The van der Waals surface area contributed by atoms with Gasteiger partial charge in [0.1, 0.15) is 12.7 Å². The van der Waals surface area contributed by atoms with E-state index >= 15 is 0 Å². The fourth-order valence-corrected chi connectivity index (χ4v) is 8.26. The number of ether oxygens (including phenoxy) is 7. The smallest absolute Gasteiger partial charge is 0.340 e. The third-order valence-electron chi connectivity index (χ3n) is 11.4. The highest BCUT2D eigenvalue weighted by Crippen LogP contribution is 2.57. The molecule has 9 rings (SSSR count). The Bertz CT molecular complexity index is 2960. The van der Waals surface area contributed by atoms with Crippen molar-refractivity contribution in [3.8, 4) is 80.1 Å². The van der Waals surface area contributed by atoms with Crippen molar-refractivity contribution >= 4 is 35.6 Å². The largest absolute Gasteiger partial charge is 0.504 e. The van der Waals surface area contributed by atoms with E-state index in [1.54, 1.807) is 0 Å². The molecule has 4 aromatic carbocycles. The second kappa shape index (κ2) is 14.8. The van der Waals surface area contributed by atoms with Crippen molar-refractivity contribution in [3.05, 3.63) is 69.8 Å². The van der Waals surface area contributed by atoms with Crippen LogP contribution in [0.3, 0.4) is 0 Å². The normalized spacial score (nSPS) is 24.8. The van der Waals surface area contributed by atoms with E-state index in [0.717, 1.165) is 0 Å². The molecule has 5 aliphatic rings. The van der Waals surface area contributed by atoms with E-state index in [1.165, 1.54) is 0 Å². The summed E-state index contributed by atoms with van der Waals surface area (Å²) in [6, 6.07) is 2.48. The third-order valence-corrected chi connectivity index (χ3v) is 11.4. The number of ketones is 1. The first-order valence-electron chi connectivity index (χ1n) is 18.9. The maximum absolute atomic E-state index is 14.6. The van der Waals surface area contributed by atoms with E-state index in [2.05, 4.69) is 0 Å². The first kappa shape index (κ1) is 43.4. The van der Waals surface area contributed by atoms with Gasteiger partial charge in [-0.25, -0.2) is 24.0 Å². The Labute approximate surface area is 368 Å². The molecule has 0 spiro atoms. The average molecular weight is 937 g/mol. The SMILES string of the molecule is O=C1OC2C3COC(=O)c4cc(O)c(O)c(O)c4-c4c(cc(O)c(O)c4O)C(=O)OC2C(OC(=O)c2cc(O)c(O)c4c2C2C1=CC(=O)C(O4)C2(O)O)C(OC(=O)c1cc(O)c(O)c(O)c1)O3. The number of rotatable bonds is 2. The Morgan fingerprint density at radius 3 is 1.69 bits per heavy atom. The number of hydrogen-bond donors (Lipinski definition) is 13. The van der Waals surface area contributed by atoms with Crippen molar-refractivity contribution in [1.29, 1.82) is 0 Å². The lowest BCUT2D eigenvalue weighted by Crippen LogP contribution is -2.63. The molecule has 6 bridgehead atoms. The molecule has 0 aromatic heterocycles. The minimum absolute atomic E-state index is 0.384. The fourth-order valence-electron chi connectivity index (χ4n) is 8.26. The van der Waals surface area contributed by atoms with Crippen LogP contribution in [-0.2, 0) is 38.0 Å². The standard InChI is InChI=1S/C41H28O26/c42-13-1-8(2-14(43)24(13)48)35(54)67-40-33-32-30(64-39(58)12-6-18(47)34-41(59,60)23(12)22-11(38(57)66-33)5-17(46)27(51)31(22)63-34)19(62-40)7-61-36(55)9-3-15(44)25(49)28(52)20(9)21-10(37(56)65-32)4-16(45)26(50)29(21)53/h1-6,19,23,30,32-34,40,42-46,48-53,59-60H,7H2. The number of carbonyl (C=O) groups excluding carboxylic acids is 6. The van der Waals surface area contributed by atoms with Gasteiger partial charge in [-0.1, -0.05) is 0 Å². The van der Waals surface area contributed by atoms with Crippen molar-refractivity contribution in [2.45, 2.75) is 48.5 Å². The number of benzene rings is 4. The monoisotopic (exact) mass is 936 g/mol. The lowest BCUT2D eigenvalue weighted by Gasteiger charge is -2.45. The minimum atomic E-state index is -3.47. The summed E-state index contributed by atoms with van der Waals surface area (Å²) in [6.07, 6.45) is -13.9. The Morgan fingerprint density at radius 2 is 1.07 bits per heavy atom. The number of fused-ring (bicyclic) bond motifs is 4. The summed E-state index contributed by atoms with van der Waals surface area (Å²) in [4.78, 5) is 84.7. The van der Waals surface area contributed by atoms with Crippen LogP contribution < -0.4 is 4.74 Å². The third kappa shape index (κ3) is 6.44. The van der Waals surface area contributed by atoms with Gasteiger partial charge in [0.2, 0.25) is 47.3 Å². The molecule has 26 nitrogen and oxygen atoms in total. The van der Waals surface area contributed by atoms with Crippen LogP contribution in [0.25, 0.3) is 11.1 Å². The molecule has 348 valence electrons. The molecule has 0 saturated carbocycles. The van der Waals surface area contributed by atoms with E-state index in [9.17, 15) is 95.2 Å². The zero-order chi connectivity index (χ0) is 48.5. The van der Waals surface area contributed by atoms with E-state index < -0.39 is 204 Å². The predicted octanol–water partition coefficient (Wildman–Crippen LogP) is -0.422. The zero-order valence-corrected chi connectivity index (χ0v) is 32.8. The fraction of sp³-hybridized carbons (Fsp3) is 0.220. The van der Waals surface area contributed by atoms with E-state index in [1.807, 2.05) is 0 Å². The number of hydrogen-bond acceptors (Lipinski definition) is 26. The maximum Gasteiger partial charge on any atom is 0.340 e. The van der Waals surface area contributed by atoms with Crippen molar-refractivity contribution in [2.75, 3.05) is 6.61 Å². The molecule has 0 amide bonds. The molecule has 26 heteroatoms. The molecule has 7 unspecified atom stereocenters. The molecule has 0 radical (unpaired) electrons. The highest BCUT2D eigenvalue weighted by molar-refractivity contribution is 6.09. The summed E-state index contributed by atoms with van der Waals surface area (Å²) in [5, 5.41) is 139. The van der Waals surface area contributed by atoms with Crippen molar-refractivity contribution in [1.82, 2.24) is 0 Å². The summed E-state index contributed by atoms with van der Waals surface area (Å²) in [5.74, 6) is -30.4. The van der Waals surface area contributed by atoms with Crippen molar-refractivity contribution < 1.29 is 128 Å². The van der Waals surface area contributed by atoms with Gasteiger partial charge in [-0.3, -0.25) is 4.79 Å². The average Bonchev–Trinajstić information content (AvgIpc) is 3.27. The summed E-state index contributed by atoms with van der Waals surface area (Å²) in [7, 11) is 0. The second-order valence-corrected chi connectivity index (χ2v) is 15.3. The van der Waals surface area contributed by atoms with E-state index in [0.29, 0.717) is 36.4 Å². The molecule has 13 N–H and O–H groups in total. The van der Waals surface area contributed by atoms with E-state index in [4.69, 9.17) is 33.2 Å². The van der Waals surface area contributed by atoms with Gasteiger partial charge in [0, 0.05) is 16.7 Å². The second-order valence-electron chi connectivity index (χ2n) is 15.3. The van der Waals surface area contributed by atoms with Crippen molar-refractivity contribution in [2.24, 2.45) is 0 Å². The summed E-state index contributed by atoms with van der Waals surface area (Å²) in [5.41, 5.74) is -7.90. The topological polar surface area (TPSA) is 430 Å². The van der Waals surface area contributed by atoms with Crippen LogP contribution in [0.4, 0.5) is 0 Å². The first-order valence-corrected chi connectivity index (χ1v) is 18.9. The number of phenolic OH excluding ortho intramolecular Hbond substituents is 11. The Kier molecular flexibility index (Phi) is 9.60. The molecule has 1 fully saturated rings. The molecule has 7 atom stereocenters. The Hall–Kier alpha value is -8.88. The summed E-state index contributed by atoms with van der Waals surface area (Å²) in [6.45, 7) is -1.27. The number of cyclic esters (lactones) is 1. The van der Waals surface area contributed by atoms with Crippen LogP contribution in [0.15, 0.2) is 42.0 Å². The van der Waals surface area contributed by atoms with Gasteiger partial charge in [-0.2, -0.15) is 0 Å². The molecule has 4 aromatic rings. The van der Waals surface area contributed by atoms with Gasteiger partial charge in [0.15, 0.2) is 64.0 Å².